The standard InChI is InChI=1S/C9H12FN3/c10-6-7(12-13-8(6)11)9(3-4-9)5-1-2-5/h5H,1-4H2,(H3,11,12,13). The van der Waals surface area contributed by atoms with Crippen LogP contribution in [0.3, 0.4) is 0 Å². The van der Waals surface area contributed by atoms with E-state index in [4.69, 9.17) is 5.73 Å². The number of H-pyrrole nitrogens is 1. The molecule has 0 aliphatic heterocycles. The molecule has 3 rings (SSSR count). The number of aromatic amines is 1. The number of aromatic nitrogens is 2. The second-order valence-electron chi connectivity index (χ2n) is 4.23. The van der Waals surface area contributed by atoms with E-state index in [1.807, 2.05) is 0 Å². The number of hydrogen-bond donors (Lipinski definition) is 2. The maximum absolute atomic E-state index is 13.5. The van der Waals surface area contributed by atoms with Gasteiger partial charge in [0.2, 0.25) is 0 Å². The minimum Gasteiger partial charge on any atom is -0.380 e. The highest BCUT2D eigenvalue weighted by Crippen LogP contribution is 2.62. The van der Waals surface area contributed by atoms with Crippen LogP contribution in [0.4, 0.5) is 10.2 Å². The molecule has 0 spiro atoms. The maximum Gasteiger partial charge on any atom is 0.188 e. The SMILES string of the molecule is Nc1n[nH]c(C2(C3CC3)CC2)c1F. The number of nitrogens with zero attached hydrogens (tertiary/aromatic N) is 1. The zero-order chi connectivity index (χ0) is 9.05. The van der Waals surface area contributed by atoms with Gasteiger partial charge in [0.15, 0.2) is 11.6 Å². The molecule has 2 fully saturated rings. The number of rotatable bonds is 2. The number of nitrogen functional groups attached to an aromatic ring is 1. The molecule has 0 bridgehead atoms. The van der Waals surface area contributed by atoms with Crippen molar-refractivity contribution >= 4 is 5.82 Å². The van der Waals surface area contributed by atoms with Crippen molar-refractivity contribution in [1.29, 1.82) is 0 Å². The van der Waals surface area contributed by atoms with E-state index >= 15 is 0 Å². The molecule has 1 aromatic heterocycles. The Balaban J connectivity index is 2.03. The highest BCUT2D eigenvalue weighted by atomic mass is 19.1. The summed E-state index contributed by atoms with van der Waals surface area (Å²) in [6.45, 7) is 0. The number of anilines is 1. The van der Waals surface area contributed by atoms with Gasteiger partial charge in [-0.2, -0.15) is 5.10 Å². The third kappa shape index (κ3) is 0.857. The Morgan fingerprint density at radius 2 is 2.15 bits per heavy atom. The topological polar surface area (TPSA) is 54.7 Å². The Kier molecular flexibility index (Phi) is 1.16. The molecule has 0 unspecified atom stereocenters. The van der Waals surface area contributed by atoms with Gasteiger partial charge in [-0.05, 0) is 31.6 Å². The number of halogens is 1. The minimum atomic E-state index is -0.315. The summed E-state index contributed by atoms with van der Waals surface area (Å²) >= 11 is 0. The van der Waals surface area contributed by atoms with Gasteiger partial charge in [-0.1, -0.05) is 0 Å². The molecule has 0 saturated heterocycles. The molecule has 2 aliphatic carbocycles. The van der Waals surface area contributed by atoms with E-state index < -0.39 is 0 Å². The van der Waals surface area contributed by atoms with Crippen LogP contribution in [0.1, 0.15) is 31.4 Å². The maximum atomic E-state index is 13.5. The lowest BCUT2D eigenvalue weighted by atomic mass is 9.96. The van der Waals surface area contributed by atoms with Crippen LogP contribution in [0.5, 0.6) is 0 Å². The van der Waals surface area contributed by atoms with E-state index in [2.05, 4.69) is 10.2 Å². The molecule has 2 saturated carbocycles. The van der Waals surface area contributed by atoms with Gasteiger partial charge < -0.3 is 5.73 Å². The third-order valence-electron chi connectivity index (χ3n) is 3.38. The van der Waals surface area contributed by atoms with Crippen LogP contribution in [0, 0.1) is 11.7 Å². The van der Waals surface area contributed by atoms with Gasteiger partial charge in [0, 0.05) is 5.41 Å². The number of nitrogens with two attached hydrogens (primary N) is 1. The second kappa shape index (κ2) is 2.05. The van der Waals surface area contributed by atoms with Crippen LogP contribution in [0.2, 0.25) is 0 Å². The molecule has 3 nitrogen and oxygen atoms in total. The molecule has 2 aliphatic rings. The lowest BCUT2D eigenvalue weighted by Crippen LogP contribution is -2.11. The predicted molar refractivity (Wildman–Crippen MR) is 46.6 cm³/mol. The summed E-state index contributed by atoms with van der Waals surface area (Å²) < 4.78 is 13.5. The average Bonchev–Trinajstić information content (AvgIpc) is 2.99. The Bertz CT molecular complexity index is 350. The Morgan fingerprint density at radius 3 is 2.54 bits per heavy atom. The molecule has 13 heavy (non-hydrogen) atoms. The molecular weight excluding hydrogens is 169 g/mol. The van der Waals surface area contributed by atoms with Crippen molar-refractivity contribution in [3.05, 3.63) is 11.5 Å². The average molecular weight is 181 g/mol. The minimum absolute atomic E-state index is 0.0157. The third-order valence-corrected chi connectivity index (χ3v) is 3.38. The lowest BCUT2D eigenvalue weighted by molar-refractivity contribution is 0.523. The van der Waals surface area contributed by atoms with Crippen molar-refractivity contribution in [1.82, 2.24) is 10.2 Å². The normalized spacial score (nSPS) is 24.7. The number of hydrogen-bond acceptors (Lipinski definition) is 2. The monoisotopic (exact) mass is 181 g/mol. The van der Waals surface area contributed by atoms with Crippen LogP contribution in [-0.4, -0.2) is 10.2 Å². The predicted octanol–water partition coefficient (Wildman–Crippen LogP) is 1.57. The summed E-state index contributed by atoms with van der Waals surface area (Å²) in [5.74, 6) is 0.383. The molecule has 3 N–H and O–H groups in total. The van der Waals surface area contributed by atoms with Crippen molar-refractivity contribution in [3.8, 4) is 0 Å². The first kappa shape index (κ1) is 7.35. The van der Waals surface area contributed by atoms with Crippen molar-refractivity contribution in [2.45, 2.75) is 31.1 Å². The zero-order valence-corrected chi connectivity index (χ0v) is 7.31. The van der Waals surface area contributed by atoms with Gasteiger partial charge in [0.25, 0.3) is 0 Å². The zero-order valence-electron chi connectivity index (χ0n) is 7.31. The van der Waals surface area contributed by atoms with Crippen LogP contribution < -0.4 is 5.73 Å². The van der Waals surface area contributed by atoms with Crippen LogP contribution in [0.25, 0.3) is 0 Å². The first-order chi connectivity index (χ1) is 6.24. The molecule has 0 amide bonds. The van der Waals surface area contributed by atoms with Crippen LogP contribution >= 0.6 is 0 Å². The number of nitrogens with one attached hydrogen (secondary N) is 1. The van der Waals surface area contributed by atoms with Crippen molar-refractivity contribution in [2.24, 2.45) is 5.92 Å². The Morgan fingerprint density at radius 1 is 1.46 bits per heavy atom. The Labute approximate surface area is 75.5 Å². The first-order valence-electron chi connectivity index (χ1n) is 4.74. The quantitative estimate of drug-likeness (QED) is 0.727. The van der Waals surface area contributed by atoms with Gasteiger partial charge in [0.05, 0.1) is 5.69 Å². The van der Waals surface area contributed by atoms with Crippen molar-refractivity contribution in [2.75, 3.05) is 5.73 Å². The van der Waals surface area contributed by atoms with E-state index in [9.17, 15) is 4.39 Å². The molecule has 4 heteroatoms. The summed E-state index contributed by atoms with van der Waals surface area (Å²) in [7, 11) is 0. The summed E-state index contributed by atoms with van der Waals surface area (Å²) in [5.41, 5.74) is 6.12. The van der Waals surface area contributed by atoms with E-state index in [1.165, 1.54) is 12.8 Å². The van der Waals surface area contributed by atoms with Crippen LogP contribution in [-0.2, 0) is 5.41 Å². The molecular formula is C9H12FN3. The fourth-order valence-corrected chi connectivity index (χ4v) is 2.31. The van der Waals surface area contributed by atoms with E-state index in [0.29, 0.717) is 11.6 Å². The highest BCUT2D eigenvalue weighted by Gasteiger charge is 2.57. The smallest absolute Gasteiger partial charge is 0.188 e. The summed E-state index contributed by atoms with van der Waals surface area (Å²) in [4.78, 5) is 0. The molecule has 70 valence electrons. The van der Waals surface area contributed by atoms with E-state index in [0.717, 1.165) is 12.8 Å². The molecule has 0 radical (unpaired) electrons. The lowest BCUT2D eigenvalue weighted by Gasteiger charge is -2.10. The summed E-state index contributed by atoms with van der Waals surface area (Å²) in [6, 6.07) is 0. The van der Waals surface area contributed by atoms with Crippen LogP contribution in [0.15, 0.2) is 0 Å². The van der Waals surface area contributed by atoms with E-state index in [-0.39, 0.29) is 17.1 Å². The Hall–Kier alpha value is -1.06. The van der Waals surface area contributed by atoms with E-state index in [1.54, 1.807) is 0 Å². The van der Waals surface area contributed by atoms with Gasteiger partial charge in [-0.3, -0.25) is 5.10 Å². The molecule has 0 aromatic carbocycles. The fraction of sp³-hybridized carbons (Fsp3) is 0.667. The fourth-order valence-electron chi connectivity index (χ4n) is 2.31. The van der Waals surface area contributed by atoms with Gasteiger partial charge in [-0.25, -0.2) is 4.39 Å². The highest BCUT2D eigenvalue weighted by molar-refractivity contribution is 5.39. The van der Waals surface area contributed by atoms with Gasteiger partial charge in [-0.15, -0.1) is 0 Å². The van der Waals surface area contributed by atoms with Crippen molar-refractivity contribution < 1.29 is 4.39 Å². The first-order valence-corrected chi connectivity index (χ1v) is 4.74. The molecule has 1 aromatic rings. The molecule has 1 heterocycles. The van der Waals surface area contributed by atoms with Crippen molar-refractivity contribution in [3.63, 3.8) is 0 Å². The second-order valence-corrected chi connectivity index (χ2v) is 4.23. The van der Waals surface area contributed by atoms with Gasteiger partial charge in [0.1, 0.15) is 0 Å². The molecule has 0 atom stereocenters. The summed E-state index contributed by atoms with van der Waals surface area (Å²) in [6.07, 6.45) is 4.66. The summed E-state index contributed by atoms with van der Waals surface area (Å²) in [5, 5.41) is 6.46. The van der Waals surface area contributed by atoms with Gasteiger partial charge >= 0.3 is 0 Å². The largest absolute Gasteiger partial charge is 0.380 e.